The molecule has 2 heterocycles. The monoisotopic (exact) mass is 576 g/mol. The Bertz CT molecular complexity index is 1210. The van der Waals surface area contributed by atoms with Gasteiger partial charge in [0.15, 0.2) is 5.65 Å². The molecule has 40 heavy (non-hydrogen) atoms. The fourth-order valence-electron chi connectivity index (χ4n) is 5.51. The SMILES string of the molecule is CC(C)(C)OC(=O)C[C@H](c1cn2ncc(C(NC(=O)CC3CC(F)(F)C3)C(F)F)cc2n1)C1CCC(F)(F)CC1. The third kappa shape index (κ3) is 7.66. The van der Waals surface area contributed by atoms with Gasteiger partial charge in [-0.3, -0.25) is 9.59 Å². The average molecular weight is 577 g/mol. The van der Waals surface area contributed by atoms with Gasteiger partial charge in [-0.15, -0.1) is 0 Å². The number of imidazole rings is 1. The third-order valence-electron chi connectivity index (χ3n) is 7.45. The largest absolute Gasteiger partial charge is 0.460 e. The van der Waals surface area contributed by atoms with E-state index in [1.807, 2.05) is 0 Å². The van der Waals surface area contributed by atoms with Crippen molar-refractivity contribution in [3.05, 3.63) is 29.7 Å². The fraction of sp³-hybridized carbons (Fsp3) is 0.704. The summed E-state index contributed by atoms with van der Waals surface area (Å²) < 4.78 is 88.5. The summed E-state index contributed by atoms with van der Waals surface area (Å²) in [5, 5.41) is 6.36. The number of alkyl halides is 6. The minimum atomic E-state index is -3.01. The molecule has 0 spiro atoms. The van der Waals surface area contributed by atoms with Crippen LogP contribution in [0.25, 0.3) is 5.65 Å². The second-order valence-electron chi connectivity index (χ2n) is 12.1. The van der Waals surface area contributed by atoms with E-state index in [4.69, 9.17) is 4.74 Å². The molecule has 222 valence electrons. The summed E-state index contributed by atoms with van der Waals surface area (Å²) >= 11 is 0. The number of nitrogens with zero attached hydrogens (tertiary/aromatic N) is 3. The van der Waals surface area contributed by atoms with Crippen LogP contribution in [0.3, 0.4) is 0 Å². The molecule has 0 radical (unpaired) electrons. The lowest BCUT2D eigenvalue weighted by molar-refractivity contribution is -0.156. The van der Waals surface area contributed by atoms with Gasteiger partial charge in [-0.25, -0.2) is 35.8 Å². The number of fused-ring (bicyclic) bond motifs is 1. The molecule has 0 aliphatic heterocycles. The number of ether oxygens (including phenoxy) is 1. The topological polar surface area (TPSA) is 85.6 Å². The van der Waals surface area contributed by atoms with Crippen molar-refractivity contribution in [2.24, 2.45) is 11.8 Å². The quantitative estimate of drug-likeness (QED) is 0.283. The van der Waals surface area contributed by atoms with Crippen LogP contribution in [-0.4, -0.2) is 50.3 Å². The highest BCUT2D eigenvalue weighted by molar-refractivity contribution is 5.77. The molecule has 0 saturated heterocycles. The van der Waals surface area contributed by atoms with E-state index >= 15 is 0 Å². The van der Waals surface area contributed by atoms with Gasteiger partial charge in [0, 0.05) is 43.6 Å². The van der Waals surface area contributed by atoms with E-state index in [-0.39, 0.29) is 55.7 Å². The van der Waals surface area contributed by atoms with E-state index < -0.39 is 66.5 Å². The second kappa shape index (κ2) is 11.2. The third-order valence-corrected chi connectivity index (χ3v) is 7.45. The zero-order valence-electron chi connectivity index (χ0n) is 22.6. The lowest BCUT2D eigenvalue weighted by atomic mass is 9.76. The summed E-state index contributed by atoms with van der Waals surface area (Å²) in [6.07, 6.45) is -1.87. The Morgan fingerprint density at radius 1 is 1.12 bits per heavy atom. The number of hydrogen-bond donors (Lipinski definition) is 1. The van der Waals surface area contributed by atoms with Crippen LogP contribution in [0.15, 0.2) is 18.5 Å². The molecule has 2 aliphatic rings. The first-order chi connectivity index (χ1) is 18.5. The predicted molar refractivity (Wildman–Crippen MR) is 132 cm³/mol. The Balaban J connectivity index is 1.54. The van der Waals surface area contributed by atoms with E-state index in [1.54, 1.807) is 20.8 Å². The predicted octanol–water partition coefficient (Wildman–Crippen LogP) is 6.23. The van der Waals surface area contributed by atoms with Gasteiger partial charge in [0.05, 0.1) is 24.5 Å². The van der Waals surface area contributed by atoms with Crippen molar-refractivity contribution >= 4 is 17.5 Å². The molecule has 1 N–H and O–H groups in total. The zero-order valence-corrected chi connectivity index (χ0v) is 22.6. The highest BCUT2D eigenvalue weighted by Crippen LogP contribution is 2.45. The minimum absolute atomic E-state index is 0.0343. The maximum absolute atomic E-state index is 13.9. The molecule has 2 fully saturated rings. The van der Waals surface area contributed by atoms with Crippen LogP contribution in [0.5, 0.6) is 0 Å². The average Bonchev–Trinajstić information content (AvgIpc) is 3.22. The normalized spacial score (nSPS) is 21.1. The summed E-state index contributed by atoms with van der Waals surface area (Å²) in [5.41, 5.74) is -0.214. The molecule has 0 aromatic carbocycles. The number of nitrogens with one attached hydrogen (secondary N) is 1. The number of carbonyl (C=O) groups is 2. The van der Waals surface area contributed by atoms with Crippen LogP contribution in [0.4, 0.5) is 26.3 Å². The number of hydrogen-bond acceptors (Lipinski definition) is 5. The molecule has 7 nitrogen and oxygen atoms in total. The first-order valence-electron chi connectivity index (χ1n) is 13.4. The summed E-state index contributed by atoms with van der Waals surface area (Å²) in [7, 11) is 0. The number of aromatic nitrogens is 3. The van der Waals surface area contributed by atoms with Gasteiger partial charge >= 0.3 is 5.97 Å². The number of esters is 1. The Hall–Kier alpha value is -2.86. The molecule has 0 bridgehead atoms. The fourth-order valence-corrected chi connectivity index (χ4v) is 5.51. The highest BCUT2D eigenvalue weighted by Gasteiger charge is 2.46. The molecular weight excluding hydrogens is 542 g/mol. The Morgan fingerprint density at radius 2 is 1.77 bits per heavy atom. The lowest BCUT2D eigenvalue weighted by Gasteiger charge is -2.34. The van der Waals surface area contributed by atoms with E-state index in [1.165, 1.54) is 16.8 Å². The molecule has 4 rings (SSSR count). The maximum Gasteiger partial charge on any atom is 0.306 e. The van der Waals surface area contributed by atoms with Gasteiger partial charge in [0.25, 0.3) is 6.43 Å². The van der Waals surface area contributed by atoms with Crippen molar-refractivity contribution in [3.8, 4) is 0 Å². The molecular formula is C27H34F6N4O3. The highest BCUT2D eigenvalue weighted by atomic mass is 19.3. The molecule has 1 amide bonds. The number of rotatable bonds is 9. The van der Waals surface area contributed by atoms with Gasteiger partial charge in [-0.05, 0) is 51.5 Å². The molecule has 2 atom stereocenters. The number of carbonyl (C=O) groups excluding carboxylic acids is 2. The molecule has 2 aromatic rings. The van der Waals surface area contributed by atoms with E-state index in [0.29, 0.717) is 5.69 Å². The first-order valence-corrected chi connectivity index (χ1v) is 13.4. The van der Waals surface area contributed by atoms with Gasteiger partial charge in [0.2, 0.25) is 17.8 Å². The number of amides is 1. The van der Waals surface area contributed by atoms with Gasteiger partial charge in [-0.1, -0.05) is 0 Å². The summed E-state index contributed by atoms with van der Waals surface area (Å²) in [6, 6.07) is -0.408. The minimum Gasteiger partial charge on any atom is -0.460 e. The molecule has 13 heteroatoms. The van der Waals surface area contributed by atoms with Crippen molar-refractivity contribution < 1.29 is 40.7 Å². The van der Waals surface area contributed by atoms with E-state index in [2.05, 4.69) is 15.4 Å². The van der Waals surface area contributed by atoms with Crippen LogP contribution >= 0.6 is 0 Å². The van der Waals surface area contributed by atoms with Crippen molar-refractivity contribution in [1.29, 1.82) is 0 Å². The standard InChI is InChI=1S/C27H34F6N4O3/c1-25(2,3)40-22(39)10-18(16-4-6-26(30,31)7-5-16)19-14-37-20(35-19)9-17(13-34-37)23(24(28)29)36-21(38)8-15-11-27(32,33)12-15/h9,13-16,18,23-24H,4-8,10-12H2,1-3H3,(H,36,38)/t18-,23?/m0/s1. The first kappa shape index (κ1) is 30.1. The second-order valence-corrected chi connectivity index (χ2v) is 12.1. The molecule has 2 aromatic heterocycles. The van der Waals surface area contributed by atoms with Gasteiger partial charge in [-0.2, -0.15) is 5.10 Å². The summed E-state index contributed by atoms with van der Waals surface area (Å²) in [4.78, 5) is 29.5. The van der Waals surface area contributed by atoms with Crippen LogP contribution in [0.1, 0.15) is 95.4 Å². The van der Waals surface area contributed by atoms with E-state index in [0.717, 1.165) is 6.20 Å². The maximum atomic E-state index is 13.9. The van der Waals surface area contributed by atoms with Crippen molar-refractivity contribution in [2.45, 2.75) is 108 Å². The summed E-state index contributed by atoms with van der Waals surface area (Å²) in [6.45, 7) is 5.16. The molecule has 2 aliphatic carbocycles. The zero-order chi connectivity index (χ0) is 29.5. The van der Waals surface area contributed by atoms with Crippen molar-refractivity contribution in [3.63, 3.8) is 0 Å². The molecule has 2 saturated carbocycles. The van der Waals surface area contributed by atoms with Crippen LogP contribution in [-0.2, 0) is 14.3 Å². The Labute approximate surface area is 228 Å². The lowest BCUT2D eigenvalue weighted by Crippen LogP contribution is -2.40. The van der Waals surface area contributed by atoms with Gasteiger partial charge < -0.3 is 10.1 Å². The van der Waals surface area contributed by atoms with E-state index in [9.17, 15) is 35.9 Å². The summed E-state index contributed by atoms with van der Waals surface area (Å²) in [5.74, 6) is -8.25. The Morgan fingerprint density at radius 3 is 2.35 bits per heavy atom. The number of halogens is 6. The van der Waals surface area contributed by atoms with Crippen LogP contribution in [0.2, 0.25) is 0 Å². The van der Waals surface area contributed by atoms with Crippen LogP contribution < -0.4 is 5.32 Å². The van der Waals surface area contributed by atoms with Crippen molar-refractivity contribution in [1.82, 2.24) is 19.9 Å². The van der Waals surface area contributed by atoms with Gasteiger partial charge in [0.1, 0.15) is 11.6 Å². The van der Waals surface area contributed by atoms with Crippen molar-refractivity contribution in [2.75, 3.05) is 0 Å². The van der Waals surface area contributed by atoms with Crippen LogP contribution in [0, 0.1) is 11.8 Å². The molecule has 1 unspecified atom stereocenters. The smallest absolute Gasteiger partial charge is 0.306 e. The Kier molecular flexibility index (Phi) is 8.43.